The van der Waals surface area contributed by atoms with E-state index in [9.17, 15) is 9.59 Å². The largest absolute Gasteiger partial charge is 0.491 e. The van der Waals surface area contributed by atoms with Crippen LogP contribution in [0.15, 0.2) is 48.5 Å². The number of benzene rings is 2. The second kappa shape index (κ2) is 8.10. The third kappa shape index (κ3) is 4.07. The highest BCUT2D eigenvalue weighted by Gasteiger charge is 2.30. The molecule has 2 heterocycles. The van der Waals surface area contributed by atoms with Crippen molar-refractivity contribution in [3.8, 4) is 5.75 Å². The maximum Gasteiger partial charge on any atom is 0.231 e. The van der Waals surface area contributed by atoms with E-state index in [0.29, 0.717) is 29.5 Å². The van der Waals surface area contributed by atoms with Crippen molar-refractivity contribution in [2.75, 3.05) is 43.0 Å². The molecule has 1 saturated heterocycles. The zero-order valence-corrected chi connectivity index (χ0v) is 16.2. The van der Waals surface area contributed by atoms with Crippen LogP contribution in [0.4, 0.5) is 11.4 Å². The van der Waals surface area contributed by atoms with Gasteiger partial charge in [-0.25, -0.2) is 0 Å². The molecule has 0 bridgehead atoms. The van der Waals surface area contributed by atoms with Crippen LogP contribution in [0.1, 0.15) is 6.42 Å². The zero-order valence-electron chi connectivity index (χ0n) is 15.4. The quantitative estimate of drug-likeness (QED) is 0.861. The Hall–Kier alpha value is -2.73. The molecule has 6 nitrogen and oxygen atoms in total. The number of hydrogen-bond acceptors (Lipinski definition) is 4. The maximum absolute atomic E-state index is 12.7. The summed E-state index contributed by atoms with van der Waals surface area (Å²) in [6.45, 7) is 3.03. The SMILES string of the molecule is O=C1Nc2ccc(Cl)cc2OCC1CC(=O)N1CCN(c2ccccc2)CC1. The van der Waals surface area contributed by atoms with Crippen molar-refractivity contribution < 1.29 is 14.3 Å². The number of amides is 2. The minimum atomic E-state index is -0.522. The fraction of sp³-hybridized carbons (Fsp3) is 0.333. The van der Waals surface area contributed by atoms with Crippen molar-refractivity contribution >= 4 is 34.8 Å². The molecular weight excluding hydrogens is 378 g/mol. The molecule has 4 rings (SSSR count). The molecular formula is C21H22ClN3O3. The number of halogens is 1. The number of piperazine rings is 1. The van der Waals surface area contributed by atoms with Gasteiger partial charge in [0.25, 0.3) is 0 Å². The van der Waals surface area contributed by atoms with Gasteiger partial charge in [-0.15, -0.1) is 0 Å². The molecule has 2 aliphatic heterocycles. The van der Waals surface area contributed by atoms with Gasteiger partial charge in [-0.3, -0.25) is 9.59 Å². The molecule has 2 aliphatic rings. The van der Waals surface area contributed by atoms with Crippen LogP contribution in [-0.4, -0.2) is 49.5 Å². The first kappa shape index (κ1) is 18.6. The third-order valence-electron chi connectivity index (χ3n) is 5.19. The topological polar surface area (TPSA) is 61.9 Å². The van der Waals surface area contributed by atoms with Crippen LogP contribution in [0.5, 0.6) is 5.75 Å². The fourth-order valence-corrected chi connectivity index (χ4v) is 3.73. The molecule has 1 unspecified atom stereocenters. The second-order valence-electron chi connectivity index (χ2n) is 7.05. The standard InChI is InChI=1S/C21H22ClN3O3/c22-16-6-7-18-19(13-16)28-14-15(21(27)23-18)12-20(26)25-10-8-24(9-11-25)17-4-2-1-3-5-17/h1-7,13,15H,8-12,14H2,(H,23,27). The summed E-state index contributed by atoms with van der Waals surface area (Å²) in [5.74, 6) is -0.198. The number of nitrogens with one attached hydrogen (secondary N) is 1. The minimum Gasteiger partial charge on any atom is -0.491 e. The van der Waals surface area contributed by atoms with Gasteiger partial charge >= 0.3 is 0 Å². The molecule has 1 atom stereocenters. The van der Waals surface area contributed by atoms with E-state index in [4.69, 9.17) is 16.3 Å². The van der Waals surface area contributed by atoms with E-state index in [1.165, 1.54) is 5.69 Å². The molecule has 146 valence electrons. The van der Waals surface area contributed by atoms with Gasteiger partial charge in [0.1, 0.15) is 12.4 Å². The summed E-state index contributed by atoms with van der Waals surface area (Å²) >= 11 is 5.99. The summed E-state index contributed by atoms with van der Waals surface area (Å²) in [6.07, 6.45) is 0.138. The number of anilines is 2. The molecule has 0 aromatic heterocycles. The number of fused-ring (bicyclic) bond motifs is 1. The highest BCUT2D eigenvalue weighted by atomic mass is 35.5. The van der Waals surface area contributed by atoms with E-state index >= 15 is 0 Å². The van der Waals surface area contributed by atoms with Crippen LogP contribution in [0, 0.1) is 5.92 Å². The van der Waals surface area contributed by atoms with E-state index in [1.807, 2.05) is 23.1 Å². The van der Waals surface area contributed by atoms with Gasteiger partial charge < -0.3 is 19.9 Å². The Kier molecular flexibility index (Phi) is 5.39. The Balaban J connectivity index is 1.33. The number of hydrogen-bond donors (Lipinski definition) is 1. The van der Waals surface area contributed by atoms with Gasteiger partial charge in [0, 0.05) is 49.4 Å². The van der Waals surface area contributed by atoms with Crippen molar-refractivity contribution in [2.24, 2.45) is 5.92 Å². The summed E-state index contributed by atoms with van der Waals surface area (Å²) in [5, 5.41) is 3.38. The molecule has 2 aromatic carbocycles. The monoisotopic (exact) mass is 399 g/mol. The minimum absolute atomic E-state index is 0.0135. The molecule has 1 N–H and O–H groups in total. The van der Waals surface area contributed by atoms with Gasteiger partial charge in [0.2, 0.25) is 11.8 Å². The summed E-state index contributed by atoms with van der Waals surface area (Å²) in [6, 6.07) is 15.3. The molecule has 2 aromatic rings. The lowest BCUT2D eigenvalue weighted by Gasteiger charge is -2.36. The zero-order chi connectivity index (χ0) is 19.5. The smallest absolute Gasteiger partial charge is 0.231 e. The number of para-hydroxylation sites is 1. The van der Waals surface area contributed by atoms with Crippen molar-refractivity contribution in [3.05, 3.63) is 53.6 Å². The van der Waals surface area contributed by atoms with E-state index < -0.39 is 5.92 Å². The molecule has 0 radical (unpaired) electrons. The van der Waals surface area contributed by atoms with Crippen molar-refractivity contribution in [1.29, 1.82) is 0 Å². The van der Waals surface area contributed by atoms with Crippen LogP contribution < -0.4 is 15.0 Å². The van der Waals surface area contributed by atoms with E-state index in [1.54, 1.807) is 18.2 Å². The predicted molar refractivity (Wildman–Crippen MR) is 109 cm³/mol. The molecule has 0 aliphatic carbocycles. The Morgan fingerprint density at radius 1 is 1.11 bits per heavy atom. The maximum atomic E-state index is 12.7. The molecule has 0 spiro atoms. The molecule has 1 fully saturated rings. The summed E-state index contributed by atoms with van der Waals surface area (Å²) < 4.78 is 5.73. The third-order valence-corrected chi connectivity index (χ3v) is 5.42. The second-order valence-corrected chi connectivity index (χ2v) is 7.48. The number of nitrogens with zero attached hydrogens (tertiary/aromatic N) is 2. The van der Waals surface area contributed by atoms with E-state index in [2.05, 4.69) is 22.3 Å². The van der Waals surface area contributed by atoms with Crippen molar-refractivity contribution in [1.82, 2.24) is 4.90 Å². The van der Waals surface area contributed by atoms with Crippen molar-refractivity contribution in [3.63, 3.8) is 0 Å². The van der Waals surface area contributed by atoms with Crippen LogP contribution in [0.25, 0.3) is 0 Å². The molecule has 0 saturated carbocycles. The number of ether oxygens (including phenoxy) is 1. The first-order valence-corrected chi connectivity index (χ1v) is 9.79. The fourth-order valence-electron chi connectivity index (χ4n) is 3.56. The Morgan fingerprint density at radius 2 is 1.86 bits per heavy atom. The molecule has 7 heteroatoms. The van der Waals surface area contributed by atoms with Crippen LogP contribution in [0.2, 0.25) is 5.02 Å². The van der Waals surface area contributed by atoms with Gasteiger partial charge in [-0.05, 0) is 24.3 Å². The Bertz CT molecular complexity index is 866. The van der Waals surface area contributed by atoms with E-state index in [0.717, 1.165) is 13.1 Å². The first-order chi connectivity index (χ1) is 13.6. The number of carbonyl (C=O) groups excluding carboxylic acids is 2. The summed E-state index contributed by atoms with van der Waals surface area (Å²) in [4.78, 5) is 29.4. The van der Waals surface area contributed by atoms with Crippen LogP contribution in [0.3, 0.4) is 0 Å². The Labute approximate surface area is 169 Å². The Morgan fingerprint density at radius 3 is 2.61 bits per heavy atom. The van der Waals surface area contributed by atoms with Gasteiger partial charge in [-0.2, -0.15) is 0 Å². The summed E-state index contributed by atoms with van der Waals surface area (Å²) in [5.41, 5.74) is 1.75. The van der Waals surface area contributed by atoms with Crippen LogP contribution in [-0.2, 0) is 9.59 Å². The highest BCUT2D eigenvalue weighted by molar-refractivity contribution is 6.30. The number of rotatable bonds is 3. The molecule has 2 amide bonds. The highest BCUT2D eigenvalue weighted by Crippen LogP contribution is 2.31. The summed E-state index contributed by atoms with van der Waals surface area (Å²) in [7, 11) is 0. The van der Waals surface area contributed by atoms with Gasteiger partial charge in [0.15, 0.2) is 0 Å². The van der Waals surface area contributed by atoms with Crippen LogP contribution >= 0.6 is 11.6 Å². The van der Waals surface area contributed by atoms with Gasteiger partial charge in [-0.1, -0.05) is 29.8 Å². The first-order valence-electron chi connectivity index (χ1n) is 9.41. The van der Waals surface area contributed by atoms with E-state index in [-0.39, 0.29) is 24.8 Å². The number of carbonyl (C=O) groups is 2. The average Bonchev–Trinajstić information content (AvgIpc) is 2.87. The normalized spacial score (nSPS) is 19.3. The molecule has 28 heavy (non-hydrogen) atoms. The lowest BCUT2D eigenvalue weighted by Crippen LogP contribution is -2.49. The lowest BCUT2D eigenvalue weighted by molar-refractivity contribution is -0.135. The lowest BCUT2D eigenvalue weighted by atomic mass is 10.0. The predicted octanol–water partition coefficient (Wildman–Crippen LogP) is 3.03. The van der Waals surface area contributed by atoms with Gasteiger partial charge in [0.05, 0.1) is 11.6 Å². The average molecular weight is 400 g/mol. The van der Waals surface area contributed by atoms with Crippen molar-refractivity contribution in [2.45, 2.75) is 6.42 Å².